The molecule has 0 bridgehead atoms. The van der Waals surface area contributed by atoms with E-state index in [0.717, 1.165) is 0 Å². The Morgan fingerprint density at radius 2 is 1.56 bits per heavy atom. The summed E-state index contributed by atoms with van der Waals surface area (Å²) in [5.41, 5.74) is 0.732. The number of pyridine rings is 1. The van der Waals surface area contributed by atoms with Gasteiger partial charge in [0.15, 0.2) is 11.5 Å². The number of amides is 1. The fraction of sp³-hybridized carbons (Fsp3) is 0.278. The highest BCUT2D eigenvalue weighted by Gasteiger charge is 2.17. The van der Waals surface area contributed by atoms with Crippen LogP contribution in [0.5, 0.6) is 17.2 Å². The van der Waals surface area contributed by atoms with Crippen molar-refractivity contribution < 1.29 is 40.9 Å². The highest BCUT2D eigenvalue weighted by molar-refractivity contribution is 5.94. The molecule has 1 amide bonds. The van der Waals surface area contributed by atoms with Crippen LogP contribution in [0, 0.1) is 0 Å². The first-order valence-electron chi connectivity index (χ1n) is 7.76. The van der Waals surface area contributed by atoms with Crippen molar-refractivity contribution in [3.05, 3.63) is 47.8 Å². The van der Waals surface area contributed by atoms with Crippen LogP contribution in [0.4, 0.5) is 0 Å². The van der Waals surface area contributed by atoms with Crippen molar-refractivity contribution in [3.63, 3.8) is 0 Å². The van der Waals surface area contributed by atoms with E-state index in [4.69, 9.17) is 18.9 Å². The molecule has 27 heavy (non-hydrogen) atoms. The molecule has 8 nitrogen and oxygen atoms in total. The molecule has 146 valence electrons. The number of rotatable bonds is 8. The standard InChI is InChI=1S/C18H20N2O6.ClH/c1-23-14-10-13(11-15(24-2)16(14)25-3)18(22)26-9-8-20-17(21)12-4-6-19-7-5-12;/h4-7,10-11H,8-9H2,1-3H3,(H,20,21);1H/p-1. The van der Waals surface area contributed by atoms with Crippen molar-refractivity contribution in [1.82, 2.24) is 10.3 Å². The summed E-state index contributed by atoms with van der Waals surface area (Å²) in [6.45, 7) is 0.198. The summed E-state index contributed by atoms with van der Waals surface area (Å²) >= 11 is 0. The second-order valence-corrected chi connectivity index (χ2v) is 5.04. The Hall–Kier alpha value is -3.00. The lowest BCUT2D eigenvalue weighted by Crippen LogP contribution is -3.00. The number of hydrogen-bond donors (Lipinski definition) is 1. The van der Waals surface area contributed by atoms with E-state index in [2.05, 4.69) is 10.3 Å². The maximum atomic E-state index is 12.2. The predicted octanol–water partition coefficient (Wildman–Crippen LogP) is -1.30. The second kappa shape index (κ2) is 10.9. The predicted molar refractivity (Wildman–Crippen MR) is 93.0 cm³/mol. The van der Waals surface area contributed by atoms with Crippen LogP contribution in [0.1, 0.15) is 20.7 Å². The molecule has 0 unspecified atom stereocenters. The number of hydrogen-bond acceptors (Lipinski definition) is 7. The van der Waals surface area contributed by atoms with Crippen LogP contribution in [0.25, 0.3) is 0 Å². The maximum absolute atomic E-state index is 12.2. The summed E-state index contributed by atoms with van der Waals surface area (Å²) in [6.07, 6.45) is 3.05. The molecule has 0 saturated carbocycles. The third kappa shape index (κ3) is 5.75. The Morgan fingerprint density at radius 1 is 0.963 bits per heavy atom. The number of nitrogens with zero attached hydrogens (tertiary/aromatic N) is 1. The third-order valence-corrected chi connectivity index (χ3v) is 3.46. The van der Waals surface area contributed by atoms with Gasteiger partial charge in [0.25, 0.3) is 5.91 Å². The lowest BCUT2D eigenvalue weighted by atomic mass is 10.2. The number of esters is 1. The van der Waals surface area contributed by atoms with Crippen molar-refractivity contribution in [3.8, 4) is 17.2 Å². The van der Waals surface area contributed by atoms with Gasteiger partial charge in [-0.3, -0.25) is 9.78 Å². The van der Waals surface area contributed by atoms with Gasteiger partial charge < -0.3 is 36.7 Å². The van der Waals surface area contributed by atoms with Gasteiger partial charge in [0.2, 0.25) is 5.75 Å². The number of ether oxygens (including phenoxy) is 4. The normalized spacial score (nSPS) is 9.59. The number of carbonyl (C=O) groups is 2. The SMILES string of the molecule is COc1cc(C(=O)OCCNC(=O)c2ccncc2)cc(OC)c1OC.[Cl-]. The van der Waals surface area contributed by atoms with E-state index >= 15 is 0 Å². The molecule has 0 atom stereocenters. The number of carbonyl (C=O) groups excluding carboxylic acids is 2. The molecule has 1 heterocycles. The van der Waals surface area contributed by atoms with Crippen molar-refractivity contribution in [2.75, 3.05) is 34.5 Å². The van der Waals surface area contributed by atoms with Crippen LogP contribution in [0.2, 0.25) is 0 Å². The van der Waals surface area contributed by atoms with Gasteiger partial charge >= 0.3 is 5.97 Å². The van der Waals surface area contributed by atoms with Crippen LogP contribution < -0.4 is 31.9 Å². The minimum Gasteiger partial charge on any atom is -1.00 e. The Balaban J connectivity index is 0.00000364. The van der Waals surface area contributed by atoms with Crippen molar-refractivity contribution >= 4 is 11.9 Å². The van der Waals surface area contributed by atoms with Gasteiger partial charge in [-0.2, -0.15) is 0 Å². The summed E-state index contributed by atoms with van der Waals surface area (Å²) in [7, 11) is 4.39. The topological polar surface area (TPSA) is 96.0 Å². The molecule has 1 N–H and O–H groups in total. The van der Waals surface area contributed by atoms with Crippen LogP contribution in [-0.2, 0) is 4.74 Å². The molecule has 1 aromatic heterocycles. The molecule has 9 heteroatoms. The number of aromatic nitrogens is 1. The van der Waals surface area contributed by atoms with Crippen LogP contribution in [0.3, 0.4) is 0 Å². The average Bonchev–Trinajstić information content (AvgIpc) is 2.70. The minimum absolute atomic E-state index is 0. The Morgan fingerprint density at radius 3 is 2.07 bits per heavy atom. The van der Waals surface area contributed by atoms with Gasteiger partial charge in [-0.25, -0.2) is 4.79 Å². The number of benzene rings is 1. The highest BCUT2D eigenvalue weighted by Crippen LogP contribution is 2.38. The van der Waals surface area contributed by atoms with Gasteiger partial charge in [0.05, 0.1) is 33.4 Å². The third-order valence-electron chi connectivity index (χ3n) is 3.46. The summed E-state index contributed by atoms with van der Waals surface area (Å²) < 4.78 is 20.8. The first-order valence-corrected chi connectivity index (χ1v) is 7.76. The number of nitrogens with one attached hydrogen (secondary N) is 1. The molecule has 0 aliphatic heterocycles. The fourth-order valence-corrected chi connectivity index (χ4v) is 2.20. The average molecular weight is 396 g/mol. The van der Waals surface area contributed by atoms with Gasteiger partial charge in [0.1, 0.15) is 6.61 Å². The first kappa shape index (κ1) is 22.0. The summed E-state index contributed by atoms with van der Waals surface area (Å²) in [5, 5.41) is 2.66. The van der Waals surface area contributed by atoms with E-state index in [1.54, 1.807) is 12.1 Å². The zero-order valence-corrected chi connectivity index (χ0v) is 15.9. The Kier molecular flexibility index (Phi) is 8.87. The van der Waals surface area contributed by atoms with Gasteiger partial charge in [0, 0.05) is 18.0 Å². The van der Waals surface area contributed by atoms with E-state index in [9.17, 15) is 9.59 Å². The monoisotopic (exact) mass is 395 g/mol. The Bertz CT molecular complexity index is 745. The Labute approximate surface area is 163 Å². The van der Waals surface area contributed by atoms with Gasteiger partial charge in [-0.15, -0.1) is 0 Å². The van der Waals surface area contributed by atoms with Crippen LogP contribution in [0.15, 0.2) is 36.7 Å². The van der Waals surface area contributed by atoms with E-state index in [-0.39, 0.29) is 37.0 Å². The number of halogens is 1. The molecule has 0 fully saturated rings. The highest BCUT2D eigenvalue weighted by atomic mass is 35.5. The molecule has 2 aromatic rings. The molecule has 0 aliphatic rings. The molecule has 2 rings (SSSR count). The smallest absolute Gasteiger partial charge is 0.338 e. The largest absolute Gasteiger partial charge is 1.00 e. The molecule has 1 aromatic carbocycles. The van der Waals surface area contributed by atoms with Crippen LogP contribution in [-0.4, -0.2) is 51.3 Å². The first-order chi connectivity index (χ1) is 12.6. The summed E-state index contributed by atoms with van der Waals surface area (Å²) in [4.78, 5) is 27.9. The minimum atomic E-state index is -0.567. The molecule has 0 radical (unpaired) electrons. The van der Waals surface area contributed by atoms with Crippen molar-refractivity contribution in [2.45, 2.75) is 0 Å². The molecular weight excluding hydrogens is 376 g/mol. The van der Waals surface area contributed by atoms with E-state index in [0.29, 0.717) is 22.8 Å². The zero-order chi connectivity index (χ0) is 18.9. The second-order valence-electron chi connectivity index (χ2n) is 5.04. The lowest BCUT2D eigenvalue weighted by molar-refractivity contribution is -0.0000298. The molecule has 0 saturated heterocycles. The summed E-state index contributed by atoms with van der Waals surface area (Å²) in [5.74, 6) is 0.254. The van der Waals surface area contributed by atoms with Crippen LogP contribution >= 0.6 is 0 Å². The molecule has 0 spiro atoms. The van der Waals surface area contributed by atoms with E-state index in [1.807, 2.05) is 0 Å². The lowest BCUT2D eigenvalue weighted by Gasteiger charge is -2.14. The van der Waals surface area contributed by atoms with Crippen molar-refractivity contribution in [2.24, 2.45) is 0 Å². The van der Waals surface area contributed by atoms with E-state index < -0.39 is 5.97 Å². The zero-order valence-electron chi connectivity index (χ0n) is 15.2. The van der Waals surface area contributed by atoms with E-state index in [1.165, 1.54) is 45.9 Å². The number of methoxy groups -OCH3 is 3. The molecule has 0 aliphatic carbocycles. The maximum Gasteiger partial charge on any atom is 0.338 e. The quantitative estimate of drug-likeness (QED) is 0.438. The van der Waals surface area contributed by atoms with Crippen molar-refractivity contribution in [1.29, 1.82) is 0 Å². The van der Waals surface area contributed by atoms with Gasteiger partial charge in [-0.1, -0.05) is 0 Å². The summed E-state index contributed by atoms with van der Waals surface area (Å²) in [6, 6.07) is 6.19. The molecular formula is C18H20ClN2O6-. The van der Waals surface area contributed by atoms with Gasteiger partial charge in [-0.05, 0) is 24.3 Å². The fourth-order valence-electron chi connectivity index (χ4n) is 2.20.